The number of rotatable bonds is 7. The molecule has 0 bridgehead atoms. The van der Waals surface area contributed by atoms with Crippen molar-refractivity contribution in [3.8, 4) is 0 Å². The zero-order valence-corrected chi connectivity index (χ0v) is 17.6. The van der Waals surface area contributed by atoms with Gasteiger partial charge in [-0.15, -0.1) is 11.8 Å². The lowest BCUT2D eigenvalue weighted by atomic mass is 10.1. The third-order valence-corrected chi connectivity index (χ3v) is 8.04. The lowest BCUT2D eigenvalue weighted by Gasteiger charge is -2.32. The van der Waals surface area contributed by atoms with Crippen LogP contribution in [0.3, 0.4) is 0 Å². The number of nitrogens with zero attached hydrogens (tertiary/aromatic N) is 1. The molecule has 150 valence electrons. The molecule has 3 rings (SSSR count). The summed E-state index contributed by atoms with van der Waals surface area (Å²) in [5, 5.41) is 2.80. The number of benzene rings is 2. The molecule has 7 heteroatoms. The van der Waals surface area contributed by atoms with Gasteiger partial charge in [0.2, 0.25) is 15.9 Å². The van der Waals surface area contributed by atoms with Crippen LogP contribution in [0.1, 0.15) is 30.6 Å². The van der Waals surface area contributed by atoms with E-state index in [1.54, 1.807) is 6.92 Å². The topological polar surface area (TPSA) is 66.5 Å². The molecule has 1 heterocycles. The normalized spacial score (nSPS) is 17.2. The van der Waals surface area contributed by atoms with Crippen LogP contribution in [0.5, 0.6) is 0 Å². The molecule has 0 aliphatic carbocycles. The number of hydrogen-bond acceptors (Lipinski definition) is 4. The van der Waals surface area contributed by atoms with E-state index in [1.807, 2.05) is 60.7 Å². The zero-order chi connectivity index (χ0) is 20.0. The van der Waals surface area contributed by atoms with Gasteiger partial charge in [-0.1, -0.05) is 48.5 Å². The Balaban J connectivity index is 1.67. The average Bonchev–Trinajstić information content (AvgIpc) is 2.73. The first kappa shape index (κ1) is 20.9. The lowest BCUT2D eigenvalue weighted by Crippen LogP contribution is -2.47. The molecule has 28 heavy (non-hydrogen) atoms. The highest BCUT2D eigenvalue weighted by molar-refractivity contribution is 8.00. The maximum Gasteiger partial charge on any atom is 0.238 e. The Bertz CT molecular complexity index is 865. The van der Waals surface area contributed by atoms with E-state index in [0.29, 0.717) is 25.9 Å². The maximum absolute atomic E-state index is 13.1. The van der Waals surface area contributed by atoms with Gasteiger partial charge in [-0.05, 0) is 37.5 Å². The molecule has 1 amide bonds. The Morgan fingerprint density at radius 1 is 1.07 bits per heavy atom. The molecule has 1 unspecified atom stereocenters. The molecule has 1 aliphatic heterocycles. The summed E-state index contributed by atoms with van der Waals surface area (Å²) in [5.74, 6) is 0.0882. The van der Waals surface area contributed by atoms with Crippen LogP contribution >= 0.6 is 11.8 Å². The summed E-state index contributed by atoms with van der Waals surface area (Å²) in [4.78, 5) is 14.1. The summed E-state index contributed by atoms with van der Waals surface area (Å²) in [6.07, 6.45) is 1.28. The monoisotopic (exact) mass is 418 g/mol. The van der Waals surface area contributed by atoms with Gasteiger partial charge in [0, 0.05) is 24.0 Å². The molecule has 0 saturated carbocycles. The van der Waals surface area contributed by atoms with Crippen molar-refractivity contribution in [1.82, 2.24) is 9.62 Å². The van der Waals surface area contributed by atoms with E-state index in [0.717, 1.165) is 10.5 Å². The van der Waals surface area contributed by atoms with Crippen LogP contribution in [0.25, 0.3) is 0 Å². The van der Waals surface area contributed by atoms with Gasteiger partial charge in [-0.3, -0.25) is 4.79 Å². The van der Waals surface area contributed by atoms with Gasteiger partial charge in [0.25, 0.3) is 0 Å². The number of carbonyl (C=O) groups excluding carboxylic acids is 1. The molecule has 1 saturated heterocycles. The van der Waals surface area contributed by atoms with Gasteiger partial charge < -0.3 is 5.32 Å². The standard InChI is InChI=1S/C21H26N2O3S2/c1-2-28(25,26)23-15-13-18(14-16-23)22-21(24)20(17-9-5-3-6-10-17)27-19-11-7-4-8-12-19/h3-12,18,20H,2,13-16H2,1H3,(H,22,24). The van der Waals surface area contributed by atoms with Crippen LogP contribution in [-0.4, -0.2) is 43.5 Å². The second-order valence-electron chi connectivity index (χ2n) is 6.80. The summed E-state index contributed by atoms with van der Waals surface area (Å²) in [6, 6.07) is 19.6. The molecule has 1 aliphatic rings. The fraction of sp³-hybridized carbons (Fsp3) is 0.381. The highest BCUT2D eigenvalue weighted by Gasteiger charge is 2.29. The molecule has 1 atom stereocenters. The van der Waals surface area contributed by atoms with Gasteiger partial charge in [-0.2, -0.15) is 0 Å². The summed E-state index contributed by atoms with van der Waals surface area (Å²) in [7, 11) is -3.16. The second kappa shape index (κ2) is 9.58. The third-order valence-electron chi connectivity index (χ3n) is 4.90. The minimum absolute atomic E-state index is 0.00149. The summed E-state index contributed by atoms with van der Waals surface area (Å²) < 4.78 is 25.6. The minimum Gasteiger partial charge on any atom is -0.352 e. The van der Waals surface area contributed by atoms with Crippen LogP contribution in [0.15, 0.2) is 65.6 Å². The molecule has 0 radical (unpaired) electrons. The first-order chi connectivity index (χ1) is 13.5. The molecule has 0 spiro atoms. The number of carbonyl (C=O) groups is 1. The average molecular weight is 419 g/mol. The molecule has 1 fully saturated rings. The summed E-state index contributed by atoms with van der Waals surface area (Å²) >= 11 is 1.53. The fourth-order valence-electron chi connectivity index (χ4n) is 3.27. The fourth-order valence-corrected chi connectivity index (χ4v) is 5.46. The van der Waals surface area contributed by atoms with Gasteiger partial charge in [0.1, 0.15) is 5.25 Å². The number of amides is 1. The molecule has 0 aromatic heterocycles. The Labute approximate surface area is 171 Å². The van der Waals surface area contributed by atoms with Crippen molar-refractivity contribution in [3.05, 3.63) is 66.2 Å². The Hall–Kier alpha value is -1.83. The van der Waals surface area contributed by atoms with E-state index in [4.69, 9.17) is 0 Å². The van der Waals surface area contributed by atoms with Gasteiger partial charge in [-0.25, -0.2) is 12.7 Å². The second-order valence-corrected chi connectivity index (χ2v) is 10.2. The first-order valence-corrected chi connectivity index (χ1v) is 12.0. The van der Waals surface area contributed by atoms with Crippen molar-refractivity contribution in [2.45, 2.75) is 36.0 Å². The predicted octanol–water partition coefficient (Wildman–Crippen LogP) is 3.45. The Kier molecular flexibility index (Phi) is 7.15. The van der Waals surface area contributed by atoms with Gasteiger partial charge in [0.15, 0.2) is 0 Å². The highest BCUT2D eigenvalue weighted by atomic mass is 32.2. The quantitative estimate of drug-likeness (QED) is 0.700. The summed E-state index contributed by atoms with van der Waals surface area (Å²) in [5.41, 5.74) is 0.958. The van der Waals surface area contributed by atoms with Crippen LogP contribution in [-0.2, 0) is 14.8 Å². The molecule has 2 aromatic rings. The lowest BCUT2D eigenvalue weighted by molar-refractivity contribution is -0.121. The van der Waals surface area contributed by atoms with E-state index in [2.05, 4.69) is 5.32 Å². The Morgan fingerprint density at radius 2 is 1.64 bits per heavy atom. The Morgan fingerprint density at radius 3 is 2.21 bits per heavy atom. The van der Waals surface area contributed by atoms with Crippen LogP contribution < -0.4 is 5.32 Å². The van der Waals surface area contributed by atoms with E-state index in [1.165, 1.54) is 16.1 Å². The number of nitrogens with one attached hydrogen (secondary N) is 1. The molecule has 1 N–H and O–H groups in total. The van der Waals surface area contributed by atoms with Crippen molar-refractivity contribution in [1.29, 1.82) is 0 Å². The van der Waals surface area contributed by atoms with Crippen molar-refractivity contribution in [2.24, 2.45) is 0 Å². The van der Waals surface area contributed by atoms with E-state index < -0.39 is 10.0 Å². The molecule has 2 aromatic carbocycles. The van der Waals surface area contributed by atoms with Crippen LogP contribution in [0.2, 0.25) is 0 Å². The largest absolute Gasteiger partial charge is 0.352 e. The first-order valence-electron chi connectivity index (χ1n) is 9.54. The number of hydrogen-bond donors (Lipinski definition) is 1. The van der Waals surface area contributed by atoms with Crippen molar-refractivity contribution < 1.29 is 13.2 Å². The smallest absolute Gasteiger partial charge is 0.238 e. The number of piperidine rings is 1. The van der Waals surface area contributed by atoms with Crippen molar-refractivity contribution in [2.75, 3.05) is 18.8 Å². The van der Waals surface area contributed by atoms with Crippen LogP contribution in [0.4, 0.5) is 0 Å². The number of thioether (sulfide) groups is 1. The molecular formula is C21H26N2O3S2. The van der Waals surface area contributed by atoms with E-state index in [9.17, 15) is 13.2 Å². The van der Waals surface area contributed by atoms with E-state index >= 15 is 0 Å². The summed E-state index contributed by atoms with van der Waals surface area (Å²) in [6.45, 7) is 2.58. The predicted molar refractivity (Wildman–Crippen MR) is 114 cm³/mol. The highest BCUT2D eigenvalue weighted by Crippen LogP contribution is 2.35. The maximum atomic E-state index is 13.1. The minimum atomic E-state index is -3.16. The van der Waals surface area contributed by atoms with Crippen molar-refractivity contribution >= 4 is 27.7 Å². The number of sulfonamides is 1. The molecular weight excluding hydrogens is 392 g/mol. The van der Waals surface area contributed by atoms with Crippen LogP contribution in [0, 0.1) is 0 Å². The van der Waals surface area contributed by atoms with Gasteiger partial charge in [0.05, 0.1) is 5.75 Å². The van der Waals surface area contributed by atoms with Crippen molar-refractivity contribution in [3.63, 3.8) is 0 Å². The van der Waals surface area contributed by atoms with E-state index in [-0.39, 0.29) is 23.0 Å². The SMILES string of the molecule is CCS(=O)(=O)N1CCC(NC(=O)C(Sc2ccccc2)c2ccccc2)CC1. The van der Waals surface area contributed by atoms with Gasteiger partial charge >= 0.3 is 0 Å². The third kappa shape index (κ3) is 5.37. The zero-order valence-electron chi connectivity index (χ0n) is 16.0. The molecule has 5 nitrogen and oxygen atoms in total.